The number of hydrogen-bond acceptors (Lipinski definition) is 2. The van der Waals surface area contributed by atoms with Crippen LogP contribution in [0.2, 0.25) is 0 Å². The fraction of sp³-hybridized carbons (Fsp3) is 0.0227. The molecule has 3 heterocycles. The molecule has 10 aromatic rings. The summed E-state index contributed by atoms with van der Waals surface area (Å²) in [4.78, 5) is 14.2. The zero-order valence-electron chi connectivity index (χ0n) is 25.0. The number of nitrogens with zero attached hydrogens (tertiary/aromatic N) is 1. The maximum absolute atomic E-state index is 14.2. The summed E-state index contributed by atoms with van der Waals surface area (Å²) in [6, 6.07) is 47.3. The van der Waals surface area contributed by atoms with Crippen molar-refractivity contribution in [3.63, 3.8) is 0 Å². The van der Waals surface area contributed by atoms with Gasteiger partial charge in [-0.15, -0.1) is 0 Å². The van der Waals surface area contributed by atoms with E-state index in [2.05, 4.69) is 103 Å². The van der Waals surface area contributed by atoms with Crippen molar-refractivity contribution in [3.05, 3.63) is 161 Å². The Balaban J connectivity index is 1.19. The lowest BCUT2D eigenvalue weighted by atomic mass is 9.90. The highest BCUT2D eigenvalue weighted by molar-refractivity contribution is 6.22. The SMILES string of the molecule is O=c1c2ccccc2c2cc(-c3cccc4c3C3c5cccc-4c53)cc3c4cc(-c5cccc6c5oc5ccccc56)ccc4n1c23. The van der Waals surface area contributed by atoms with Crippen LogP contribution in [-0.2, 0) is 0 Å². The summed E-state index contributed by atoms with van der Waals surface area (Å²) in [5.74, 6) is 0.393. The summed E-state index contributed by atoms with van der Waals surface area (Å²) in [6.07, 6.45) is 0. The number of benzene rings is 7. The highest BCUT2D eigenvalue weighted by Crippen LogP contribution is 2.63. The third kappa shape index (κ3) is 2.87. The third-order valence-corrected chi connectivity index (χ3v) is 10.9. The maximum atomic E-state index is 14.2. The fourth-order valence-corrected chi connectivity index (χ4v) is 8.86. The smallest absolute Gasteiger partial charge is 0.263 e. The molecule has 0 bridgehead atoms. The molecule has 3 nitrogen and oxygen atoms in total. The molecule has 0 amide bonds. The lowest BCUT2D eigenvalue weighted by Gasteiger charge is -2.14. The van der Waals surface area contributed by atoms with E-state index in [0.717, 1.165) is 71.0 Å². The number of fused-ring (bicyclic) bond motifs is 12. The fourth-order valence-electron chi connectivity index (χ4n) is 8.86. The van der Waals surface area contributed by atoms with Crippen molar-refractivity contribution >= 4 is 59.9 Å². The molecule has 0 N–H and O–H groups in total. The minimum absolute atomic E-state index is 0.0220. The van der Waals surface area contributed by atoms with Crippen LogP contribution in [-0.4, -0.2) is 4.40 Å². The molecule has 216 valence electrons. The highest BCUT2D eigenvalue weighted by atomic mass is 16.3. The van der Waals surface area contributed by atoms with Gasteiger partial charge < -0.3 is 4.42 Å². The van der Waals surface area contributed by atoms with E-state index in [1.165, 1.54) is 38.9 Å². The molecule has 0 saturated heterocycles. The Hall–Kier alpha value is -6.19. The van der Waals surface area contributed by atoms with Gasteiger partial charge >= 0.3 is 0 Å². The van der Waals surface area contributed by atoms with Crippen molar-refractivity contribution in [2.24, 2.45) is 0 Å². The van der Waals surface area contributed by atoms with Crippen molar-refractivity contribution in [2.45, 2.75) is 5.92 Å². The van der Waals surface area contributed by atoms with Gasteiger partial charge in [-0.25, -0.2) is 0 Å². The summed E-state index contributed by atoms with van der Waals surface area (Å²) in [7, 11) is 0. The molecular weight excluding hydrogens is 574 g/mol. The van der Waals surface area contributed by atoms with E-state index in [1.807, 2.05) is 34.7 Å². The Morgan fingerprint density at radius 3 is 2.04 bits per heavy atom. The number of hydrogen-bond donors (Lipinski definition) is 0. The Bertz CT molecular complexity index is 3100. The summed E-state index contributed by atoms with van der Waals surface area (Å²) in [6.45, 7) is 0. The van der Waals surface area contributed by atoms with Crippen molar-refractivity contribution in [1.29, 1.82) is 0 Å². The minimum Gasteiger partial charge on any atom is -0.455 e. The van der Waals surface area contributed by atoms with E-state index in [1.54, 1.807) is 0 Å². The van der Waals surface area contributed by atoms with Crippen LogP contribution >= 0.6 is 0 Å². The molecule has 47 heavy (non-hydrogen) atoms. The van der Waals surface area contributed by atoms with Crippen molar-refractivity contribution in [2.75, 3.05) is 0 Å². The van der Waals surface area contributed by atoms with Crippen LogP contribution in [0.4, 0.5) is 0 Å². The molecular formula is C44H23NO2. The molecule has 0 aliphatic heterocycles. The first-order chi connectivity index (χ1) is 23.2. The van der Waals surface area contributed by atoms with Crippen molar-refractivity contribution < 1.29 is 4.42 Å². The normalized spacial score (nSPS) is 14.7. The second-order valence-corrected chi connectivity index (χ2v) is 13.1. The van der Waals surface area contributed by atoms with E-state index in [0.29, 0.717) is 5.92 Å². The lowest BCUT2D eigenvalue weighted by molar-refractivity contribution is 0.670. The zero-order valence-corrected chi connectivity index (χ0v) is 25.0. The molecule has 12 rings (SSSR count). The van der Waals surface area contributed by atoms with Crippen LogP contribution in [0.1, 0.15) is 22.6 Å². The monoisotopic (exact) mass is 597 g/mol. The Morgan fingerprint density at radius 2 is 1.15 bits per heavy atom. The molecule has 2 aliphatic carbocycles. The van der Waals surface area contributed by atoms with Crippen LogP contribution < -0.4 is 5.56 Å². The Morgan fingerprint density at radius 1 is 0.489 bits per heavy atom. The number of rotatable bonds is 2. The van der Waals surface area contributed by atoms with Crippen LogP contribution in [0, 0.1) is 0 Å². The van der Waals surface area contributed by atoms with Gasteiger partial charge in [0.1, 0.15) is 11.2 Å². The van der Waals surface area contributed by atoms with Gasteiger partial charge in [-0.2, -0.15) is 0 Å². The van der Waals surface area contributed by atoms with E-state index in [9.17, 15) is 4.79 Å². The van der Waals surface area contributed by atoms with Gasteiger partial charge in [-0.3, -0.25) is 9.20 Å². The zero-order chi connectivity index (χ0) is 30.5. The predicted octanol–water partition coefficient (Wildman–Crippen LogP) is 10.9. The minimum atomic E-state index is 0.0220. The van der Waals surface area contributed by atoms with Gasteiger partial charge in [-0.05, 0) is 86.3 Å². The predicted molar refractivity (Wildman–Crippen MR) is 192 cm³/mol. The van der Waals surface area contributed by atoms with E-state index >= 15 is 0 Å². The number of furan rings is 1. The standard InChI is InChI=1S/C44H23NO2/c46-44-32-10-2-1-8-27(32)35-21-24(25-11-5-13-29-30-14-7-16-33-40(30)41(33)39(25)29)22-36-34-20-23(18-19-37(34)45(44)42(35)36)26-12-6-15-31-28-9-3-4-17-38(28)47-43(26)31/h1-22,41H. The van der Waals surface area contributed by atoms with Gasteiger partial charge in [0.05, 0.1) is 11.0 Å². The Labute approximate surface area is 267 Å². The quantitative estimate of drug-likeness (QED) is 0.186. The van der Waals surface area contributed by atoms with Crippen LogP contribution in [0.5, 0.6) is 0 Å². The van der Waals surface area contributed by atoms with Gasteiger partial charge in [0, 0.05) is 43.8 Å². The molecule has 1 atom stereocenters. The molecule has 3 heteroatoms. The van der Waals surface area contributed by atoms with E-state index < -0.39 is 0 Å². The molecule has 0 radical (unpaired) electrons. The molecule has 3 aromatic heterocycles. The molecule has 7 aromatic carbocycles. The third-order valence-electron chi connectivity index (χ3n) is 10.9. The molecule has 0 saturated carbocycles. The summed E-state index contributed by atoms with van der Waals surface area (Å²) in [5, 5.41) is 7.22. The van der Waals surface area contributed by atoms with Gasteiger partial charge in [0.25, 0.3) is 5.56 Å². The van der Waals surface area contributed by atoms with Crippen LogP contribution in [0.25, 0.3) is 93.3 Å². The number of pyridine rings is 1. The number of para-hydroxylation sites is 2. The van der Waals surface area contributed by atoms with E-state index in [4.69, 9.17) is 4.42 Å². The Kier molecular flexibility index (Phi) is 4.17. The van der Waals surface area contributed by atoms with E-state index in [-0.39, 0.29) is 5.56 Å². The topological polar surface area (TPSA) is 34.6 Å². The molecule has 1 unspecified atom stereocenters. The second-order valence-electron chi connectivity index (χ2n) is 13.1. The second kappa shape index (κ2) is 8.14. The first-order valence-electron chi connectivity index (χ1n) is 16.2. The summed E-state index contributed by atoms with van der Waals surface area (Å²) >= 11 is 0. The highest BCUT2D eigenvalue weighted by Gasteiger charge is 2.45. The maximum Gasteiger partial charge on any atom is 0.263 e. The molecule has 0 fully saturated rings. The van der Waals surface area contributed by atoms with Gasteiger partial charge in [-0.1, -0.05) is 97.1 Å². The average molecular weight is 598 g/mol. The lowest BCUT2D eigenvalue weighted by Crippen LogP contribution is -2.12. The van der Waals surface area contributed by atoms with Crippen molar-refractivity contribution in [1.82, 2.24) is 4.40 Å². The summed E-state index contributed by atoms with van der Waals surface area (Å²) < 4.78 is 8.38. The average Bonchev–Trinajstić information content (AvgIpc) is 3.38. The number of aromatic nitrogens is 1. The first kappa shape index (κ1) is 24.1. The van der Waals surface area contributed by atoms with Crippen molar-refractivity contribution in [3.8, 4) is 33.4 Å². The van der Waals surface area contributed by atoms with Gasteiger partial charge in [0.15, 0.2) is 0 Å². The van der Waals surface area contributed by atoms with Gasteiger partial charge in [0.2, 0.25) is 0 Å². The molecule has 2 aliphatic rings. The van der Waals surface area contributed by atoms with Crippen LogP contribution in [0.15, 0.2) is 143 Å². The summed E-state index contributed by atoms with van der Waals surface area (Å²) in [5.41, 5.74) is 15.4. The van der Waals surface area contributed by atoms with Crippen LogP contribution in [0.3, 0.4) is 0 Å². The molecule has 0 spiro atoms. The largest absolute Gasteiger partial charge is 0.455 e. The first-order valence-corrected chi connectivity index (χ1v) is 16.2.